The van der Waals surface area contributed by atoms with Crippen molar-refractivity contribution in [3.8, 4) is 0 Å². The predicted octanol–water partition coefficient (Wildman–Crippen LogP) is 2.21. The Bertz CT molecular complexity index is 971. The zero-order valence-corrected chi connectivity index (χ0v) is 18.8. The summed E-state index contributed by atoms with van der Waals surface area (Å²) in [5.41, 5.74) is 2.17. The Hall–Kier alpha value is -2.74. The predicted molar refractivity (Wildman–Crippen MR) is 121 cm³/mol. The van der Waals surface area contributed by atoms with Crippen LogP contribution in [0.1, 0.15) is 67.3 Å². The van der Waals surface area contributed by atoms with Crippen molar-refractivity contribution in [2.75, 3.05) is 18.5 Å². The van der Waals surface area contributed by atoms with Gasteiger partial charge in [-0.15, -0.1) is 0 Å². The molecule has 5 rings (SSSR count). The highest BCUT2D eigenvalue weighted by Crippen LogP contribution is 2.32. The van der Waals surface area contributed by atoms with Gasteiger partial charge in [-0.2, -0.15) is 0 Å². The first kappa shape index (κ1) is 22.1. The molecule has 1 aliphatic carbocycles. The summed E-state index contributed by atoms with van der Waals surface area (Å²) in [6.45, 7) is 0.544. The Morgan fingerprint density at radius 1 is 1.06 bits per heavy atom. The lowest BCUT2D eigenvalue weighted by Gasteiger charge is -2.34. The van der Waals surface area contributed by atoms with E-state index in [4.69, 9.17) is 4.74 Å². The standard InChI is InChI=1S/C25H31N3O5/c29-19-14-33-20-11-12-28(23(19)20)25(32)22(15-5-2-1-3-6-15)27-24(31)17-9-10-18-16(13-17)7-4-8-21(30)26-18/h9-10,13,15,20,22-23H,1-8,11-12,14H2,(H,26,30)(H,27,31)/t20-,22+,23-/m1/s1. The molecule has 8 nitrogen and oxygen atoms in total. The molecule has 0 unspecified atom stereocenters. The molecule has 1 aromatic carbocycles. The lowest BCUT2D eigenvalue weighted by Crippen LogP contribution is -2.55. The first-order valence-corrected chi connectivity index (χ1v) is 12.2. The minimum atomic E-state index is -0.650. The van der Waals surface area contributed by atoms with Crippen LogP contribution in [0.25, 0.3) is 0 Å². The van der Waals surface area contributed by atoms with Gasteiger partial charge in [0.25, 0.3) is 5.91 Å². The molecule has 3 amide bonds. The second kappa shape index (κ2) is 9.25. The highest BCUT2D eigenvalue weighted by atomic mass is 16.5. The number of aryl methyl sites for hydroxylation is 1. The van der Waals surface area contributed by atoms with Gasteiger partial charge in [-0.05, 0) is 61.8 Å². The zero-order valence-electron chi connectivity index (χ0n) is 18.8. The van der Waals surface area contributed by atoms with Gasteiger partial charge >= 0.3 is 0 Å². The summed E-state index contributed by atoms with van der Waals surface area (Å²) < 4.78 is 5.56. The van der Waals surface area contributed by atoms with Crippen LogP contribution in [-0.2, 0) is 25.5 Å². The first-order valence-electron chi connectivity index (χ1n) is 12.2. The maximum absolute atomic E-state index is 13.7. The topological polar surface area (TPSA) is 105 Å². The van der Waals surface area contributed by atoms with E-state index in [1.54, 1.807) is 17.0 Å². The van der Waals surface area contributed by atoms with Gasteiger partial charge in [-0.1, -0.05) is 19.3 Å². The van der Waals surface area contributed by atoms with E-state index in [-0.39, 0.29) is 42.1 Å². The molecule has 3 fully saturated rings. The quantitative estimate of drug-likeness (QED) is 0.727. The summed E-state index contributed by atoms with van der Waals surface area (Å²) in [4.78, 5) is 52.8. The minimum absolute atomic E-state index is 0.0109. The number of ketones is 1. The minimum Gasteiger partial charge on any atom is -0.368 e. The molecule has 0 bridgehead atoms. The summed E-state index contributed by atoms with van der Waals surface area (Å²) in [7, 11) is 0. The summed E-state index contributed by atoms with van der Waals surface area (Å²) in [5, 5.41) is 5.92. The number of fused-ring (bicyclic) bond motifs is 2. The van der Waals surface area contributed by atoms with Crippen molar-refractivity contribution in [1.29, 1.82) is 0 Å². The molecular formula is C25H31N3O5. The number of carbonyl (C=O) groups excluding carboxylic acids is 4. The number of rotatable bonds is 4. The average Bonchev–Trinajstić information content (AvgIpc) is 3.35. The van der Waals surface area contributed by atoms with Gasteiger partial charge < -0.3 is 20.3 Å². The number of Topliss-reactive ketones (excluding diaryl/α,β-unsaturated/α-hetero) is 1. The van der Waals surface area contributed by atoms with E-state index in [2.05, 4.69) is 10.6 Å². The molecule has 3 aliphatic heterocycles. The second-order valence-electron chi connectivity index (χ2n) is 9.70. The lowest BCUT2D eigenvalue weighted by molar-refractivity contribution is -0.139. The van der Waals surface area contributed by atoms with Crippen LogP contribution in [0.3, 0.4) is 0 Å². The molecule has 8 heteroatoms. The van der Waals surface area contributed by atoms with Crippen LogP contribution >= 0.6 is 0 Å². The SMILES string of the molecule is O=C1CCCc2cc(C(=O)N[C@H](C(=O)N3CC[C@H]4OCC(=O)[C@H]43)C3CCCCC3)ccc2N1. The van der Waals surface area contributed by atoms with Crippen LogP contribution in [0.15, 0.2) is 18.2 Å². The number of benzene rings is 1. The van der Waals surface area contributed by atoms with Crippen LogP contribution in [0.2, 0.25) is 0 Å². The number of anilines is 1. The smallest absolute Gasteiger partial charge is 0.251 e. The summed E-state index contributed by atoms with van der Waals surface area (Å²) in [5.74, 6) is -0.451. The Morgan fingerprint density at radius 2 is 1.88 bits per heavy atom. The van der Waals surface area contributed by atoms with E-state index in [0.29, 0.717) is 24.9 Å². The monoisotopic (exact) mass is 453 g/mol. The Morgan fingerprint density at radius 3 is 2.70 bits per heavy atom. The van der Waals surface area contributed by atoms with Crippen molar-refractivity contribution >= 4 is 29.2 Å². The molecule has 4 aliphatic rings. The van der Waals surface area contributed by atoms with Crippen molar-refractivity contribution in [1.82, 2.24) is 10.2 Å². The molecule has 0 radical (unpaired) electrons. The third kappa shape index (κ3) is 4.40. The fraction of sp³-hybridized carbons (Fsp3) is 0.600. The number of amides is 3. The molecule has 0 spiro atoms. The molecule has 1 saturated carbocycles. The molecule has 3 atom stereocenters. The molecule has 1 aromatic rings. The number of hydrogen-bond donors (Lipinski definition) is 2. The van der Waals surface area contributed by atoms with E-state index in [9.17, 15) is 19.2 Å². The van der Waals surface area contributed by atoms with E-state index < -0.39 is 12.1 Å². The summed E-state index contributed by atoms with van der Waals surface area (Å²) in [6, 6.07) is 4.12. The number of ether oxygens (including phenoxy) is 1. The molecule has 2 N–H and O–H groups in total. The summed E-state index contributed by atoms with van der Waals surface area (Å²) in [6.07, 6.45) is 7.36. The Balaban J connectivity index is 1.37. The van der Waals surface area contributed by atoms with Crippen molar-refractivity contribution in [3.05, 3.63) is 29.3 Å². The van der Waals surface area contributed by atoms with Gasteiger partial charge in [-0.25, -0.2) is 0 Å². The van der Waals surface area contributed by atoms with Crippen LogP contribution in [0.4, 0.5) is 5.69 Å². The molecule has 0 aromatic heterocycles. The summed E-state index contributed by atoms with van der Waals surface area (Å²) >= 11 is 0. The number of likely N-dealkylation sites (tertiary alicyclic amines) is 1. The van der Waals surface area contributed by atoms with Crippen LogP contribution in [0, 0.1) is 5.92 Å². The first-order chi connectivity index (χ1) is 16.0. The average molecular weight is 454 g/mol. The zero-order chi connectivity index (χ0) is 22.9. The van der Waals surface area contributed by atoms with E-state index in [1.807, 2.05) is 6.07 Å². The number of nitrogens with one attached hydrogen (secondary N) is 2. The van der Waals surface area contributed by atoms with Gasteiger partial charge in [-0.3, -0.25) is 19.2 Å². The maximum Gasteiger partial charge on any atom is 0.251 e. The lowest BCUT2D eigenvalue weighted by atomic mass is 9.83. The van der Waals surface area contributed by atoms with Crippen LogP contribution in [0.5, 0.6) is 0 Å². The highest BCUT2D eigenvalue weighted by molar-refractivity contribution is 6.00. The van der Waals surface area contributed by atoms with Gasteiger partial charge in [0, 0.05) is 24.2 Å². The molecule has 33 heavy (non-hydrogen) atoms. The largest absolute Gasteiger partial charge is 0.368 e. The number of hydrogen-bond acceptors (Lipinski definition) is 5. The Labute approximate surface area is 193 Å². The normalized spacial score (nSPS) is 26.2. The second-order valence-corrected chi connectivity index (χ2v) is 9.70. The van der Waals surface area contributed by atoms with Crippen molar-refractivity contribution in [3.63, 3.8) is 0 Å². The molecule has 3 heterocycles. The van der Waals surface area contributed by atoms with Gasteiger partial charge in [0.15, 0.2) is 5.78 Å². The Kier molecular flexibility index (Phi) is 6.19. The van der Waals surface area contributed by atoms with Gasteiger partial charge in [0.05, 0.1) is 6.10 Å². The maximum atomic E-state index is 13.7. The van der Waals surface area contributed by atoms with E-state index >= 15 is 0 Å². The van der Waals surface area contributed by atoms with Crippen molar-refractivity contribution in [2.45, 2.75) is 76.0 Å². The third-order valence-corrected chi connectivity index (χ3v) is 7.56. The highest BCUT2D eigenvalue weighted by Gasteiger charge is 2.49. The van der Waals surface area contributed by atoms with Gasteiger partial charge in [0.1, 0.15) is 18.7 Å². The van der Waals surface area contributed by atoms with E-state index in [1.165, 1.54) is 0 Å². The fourth-order valence-corrected chi connectivity index (χ4v) is 5.81. The van der Waals surface area contributed by atoms with Crippen molar-refractivity contribution < 1.29 is 23.9 Å². The van der Waals surface area contributed by atoms with Crippen molar-refractivity contribution in [2.24, 2.45) is 5.92 Å². The number of nitrogens with zero attached hydrogens (tertiary/aromatic N) is 1. The van der Waals surface area contributed by atoms with Crippen LogP contribution in [-0.4, -0.2) is 59.7 Å². The van der Waals surface area contributed by atoms with Gasteiger partial charge in [0.2, 0.25) is 11.8 Å². The number of carbonyl (C=O) groups is 4. The molecule has 176 valence electrons. The third-order valence-electron chi connectivity index (χ3n) is 7.56. The molecular weight excluding hydrogens is 422 g/mol. The fourth-order valence-electron chi connectivity index (χ4n) is 5.81. The van der Waals surface area contributed by atoms with Crippen LogP contribution < -0.4 is 10.6 Å². The van der Waals surface area contributed by atoms with E-state index in [0.717, 1.165) is 56.2 Å². The molecule has 2 saturated heterocycles.